The smallest absolute Gasteiger partial charge is 0.259 e. The molecule has 29 heavy (non-hydrogen) atoms. The molecule has 2 aromatic rings. The molecule has 1 fully saturated rings. The zero-order valence-corrected chi connectivity index (χ0v) is 16.8. The summed E-state index contributed by atoms with van der Waals surface area (Å²) in [5.74, 6) is 0.352. The number of likely N-dealkylation sites (N-methyl/N-ethyl adjacent to an activating group) is 1. The van der Waals surface area contributed by atoms with Gasteiger partial charge in [-0.25, -0.2) is 0 Å². The fourth-order valence-corrected chi connectivity index (χ4v) is 2.88. The van der Waals surface area contributed by atoms with Crippen LogP contribution in [-0.4, -0.2) is 63.6 Å². The van der Waals surface area contributed by atoms with Crippen LogP contribution in [0.3, 0.4) is 0 Å². The lowest BCUT2D eigenvalue weighted by molar-refractivity contribution is -0.130. The number of hydrogen-bond acceptors (Lipinski definition) is 5. The maximum absolute atomic E-state index is 12.4. The van der Waals surface area contributed by atoms with Gasteiger partial charge < -0.3 is 19.3 Å². The summed E-state index contributed by atoms with van der Waals surface area (Å²) in [6.07, 6.45) is 3.38. The van der Waals surface area contributed by atoms with Gasteiger partial charge in [0.05, 0.1) is 13.2 Å². The Morgan fingerprint density at radius 1 is 1.03 bits per heavy atom. The fraction of sp³-hybridized carbons (Fsp3) is 0.304. The highest BCUT2D eigenvalue weighted by molar-refractivity contribution is 6.06. The third kappa shape index (κ3) is 5.93. The maximum atomic E-state index is 12.4. The Bertz CT molecular complexity index is 851. The highest BCUT2D eigenvalue weighted by Crippen LogP contribution is 2.18. The molecule has 0 unspecified atom stereocenters. The molecular formula is C23H26N2O4. The lowest BCUT2D eigenvalue weighted by atomic mass is 10.1. The Morgan fingerprint density at radius 3 is 2.31 bits per heavy atom. The van der Waals surface area contributed by atoms with Crippen molar-refractivity contribution in [2.24, 2.45) is 0 Å². The molecule has 6 heteroatoms. The summed E-state index contributed by atoms with van der Waals surface area (Å²) in [4.78, 5) is 27.7. The number of carbonyl (C=O) groups excluding carboxylic acids is 2. The molecule has 0 aromatic heterocycles. The highest BCUT2D eigenvalue weighted by atomic mass is 16.5. The van der Waals surface area contributed by atoms with Gasteiger partial charge in [0.2, 0.25) is 0 Å². The lowest BCUT2D eigenvalue weighted by Gasteiger charge is -2.28. The van der Waals surface area contributed by atoms with Crippen LogP contribution in [-0.2, 0) is 9.53 Å². The Kier molecular flexibility index (Phi) is 7.03. The van der Waals surface area contributed by atoms with E-state index in [1.54, 1.807) is 44.4 Å². The zero-order valence-electron chi connectivity index (χ0n) is 16.8. The standard InChI is InChI=1S/C23H26N2O4/c1-24(2)23(27)17-29-21-10-6-19(7-11-21)22(26)12-5-18-3-8-20(9-4-18)25-13-15-28-16-14-25/h3-12H,13-17H2,1-2H3/b12-5+. The van der Waals surface area contributed by atoms with E-state index in [0.717, 1.165) is 31.9 Å². The molecule has 0 spiro atoms. The first-order valence-corrected chi connectivity index (χ1v) is 9.61. The van der Waals surface area contributed by atoms with E-state index in [1.165, 1.54) is 10.6 Å². The minimum Gasteiger partial charge on any atom is -0.484 e. The number of benzene rings is 2. The van der Waals surface area contributed by atoms with Gasteiger partial charge in [0.1, 0.15) is 5.75 Å². The third-order valence-corrected chi connectivity index (χ3v) is 4.70. The van der Waals surface area contributed by atoms with Gasteiger partial charge in [0.15, 0.2) is 12.4 Å². The number of rotatable bonds is 7. The highest BCUT2D eigenvalue weighted by Gasteiger charge is 2.10. The summed E-state index contributed by atoms with van der Waals surface area (Å²) in [6.45, 7) is 3.28. The third-order valence-electron chi connectivity index (χ3n) is 4.70. The molecule has 1 heterocycles. The number of carbonyl (C=O) groups is 2. The molecule has 0 atom stereocenters. The first-order valence-electron chi connectivity index (χ1n) is 9.61. The molecule has 6 nitrogen and oxygen atoms in total. The molecular weight excluding hydrogens is 368 g/mol. The fourth-order valence-electron chi connectivity index (χ4n) is 2.88. The topological polar surface area (TPSA) is 59.1 Å². The van der Waals surface area contributed by atoms with Crippen molar-refractivity contribution in [2.45, 2.75) is 0 Å². The van der Waals surface area contributed by atoms with Crippen molar-refractivity contribution in [3.05, 3.63) is 65.7 Å². The van der Waals surface area contributed by atoms with Crippen LogP contribution in [0, 0.1) is 0 Å². The quantitative estimate of drug-likeness (QED) is 0.534. The minimum absolute atomic E-state index is 0.0271. The van der Waals surface area contributed by atoms with Crippen LogP contribution in [0.4, 0.5) is 5.69 Å². The van der Waals surface area contributed by atoms with E-state index in [-0.39, 0.29) is 18.3 Å². The van der Waals surface area contributed by atoms with Gasteiger partial charge in [0.25, 0.3) is 5.91 Å². The molecule has 0 N–H and O–H groups in total. The van der Waals surface area contributed by atoms with Crippen molar-refractivity contribution < 1.29 is 19.1 Å². The summed E-state index contributed by atoms with van der Waals surface area (Å²) < 4.78 is 10.8. The van der Waals surface area contributed by atoms with Crippen molar-refractivity contribution in [2.75, 3.05) is 51.9 Å². The molecule has 1 amide bonds. The summed E-state index contributed by atoms with van der Waals surface area (Å²) in [6, 6.07) is 14.9. The van der Waals surface area contributed by atoms with E-state index < -0.39 is 0 Å². The Hall–Kier alpha value is -3.12. The average Bonchev–Trinajstić information content (AvgIpc) is 2.77. The molecule has 0 aliphatic carbocycles. The van der Waals surface area contributed by atoms with Gasteiger partial charge in [-0.2, -0.15) is 0 Å². The maximum Gasteiger partial charge on any atom is 0.259 e. The van der Waals surface area contributed by atoms with Gasteiger partial charge in [-0.05, 0) is 48.0 Å². The van der Waals surface area contributed by atoms with Crippen molar-refractivity contribution in [3.63, 3.8) is 0 Å². The number of morpholine rings is 1. The molecule has 2 aromatic carbocycles. The monoisotopic (exact) mass is 394 g/mol. The predicted octanol–water partition coefficient (Wildman–Crippen LogP) is 2.89. The first-order chi connectivity index (χ1) is 14.0. The number of amides is 1. The van der Waals surface area contributed by atoms with Crippen LogP contribution >= 0.6 is 0 Å². The summed E-state index contributed by atoms with van der Waals surface area (Å²) >= 11 is 0. The molecule has 1 saturated heterocycles. The first kappa shape index (κ1) is 20.6. The van der Waals surface area contributed by atoms with E-state index in [1.807, 2.05) is 18.2 Å². The van der Waals surface area contributed by atoms with Gasteiger partial charge >= 0.3 is 0 Å². The van der Waals surface area contributed by atoms with E-state index >= 15 is 0 Å². The molecule has 3 rings (SSSR count). The second-order valence-corrected chi connectivity index (χ2v) is 6.99. The Balaban J connectivity index is 1.55. The largest absolute Gasteiger partial charge is 0.484 e. The van der Waals surface area contributed by atoms with Gasteiger partial charge in [-0.3, -0.25) is 9.59 Å². The second kappa shape index (κ2) is 9.89. The van der Waals surface area contributed by atoms with Crippen molar-refractivity contribution >= 4 is 23.5 Å². The number of allylic oxidation sites excluding steroid dienone is 1. The molecule has 152 valence electrons. The molecule has 0 saturated carbocycles. The molecule has 1 aliphatic rings. The van der Waals surface area contributed by atoms with Crippen molar-refractivity contribution in [1.82, 2.24) is 4.90 Å². The summed E-state index contributed by atoms with van der Waals surface area (Å²) in [5, 5.41) is 0. The number of hydrogen-bond donors (Lipinski definition) is 0. The van der Waals surface area contributed by atoms with E-state index in [4.69, 9.17) is 9.47 Å². The van der Waals surface area contributed by atoms with Crippen LogP contribution in [0.2, 0.25) is 0 Å². The van der Waals surface area contributed by atoms with E-state index in [9.17, 15) is 9.59 Å². The van der Waals surface area contributed by atoms with Crippen LogP contribution in [0.1, 0.15) is 15.9 Å². The van der Waals surface area contributed by atoms with Crippen molar-refractivity contribution in [1.29, 1.82) is 0 Å². The molecule has 0 bridgehead atoms. The predicted molar refractivity (Wildman–Crippen MR) is 113 cm³/mol. The Morgan fingerprint density at radius 2 is 1.69 bits per heavy atom. The summed E-state index contributed by atoms with van der Waals surface area (Å²) in [7, 11) is 3.35. The lowest BCUT2D eigenvalue weighted by Crippen LogP contribution is -2.36. The van der Waals surface area contributed by atoms with E-state index in [2.05, 4.69) is 17.0 Å². The van der Waals surface area contributed by atoms with E-state index in [0.29, 0.717) is 11.3 Å². The Labute approximate surface area is 171 Å². The number of anilines is 1. The number of ketones is 1. The SMILES string of the molecule is CN(C)C(=O)COc1ccc(C(=O)/C=C/c2ccc(N3CCOCC3)cc2)cc1. The average molecular weight is 394 g/mol. The van der Waals surface area contributed by atoms with Crippen LogP contribution < -0.4 is 9.64 Å². The van der Waals surface area contributed by atoms with Gasteiger partial charge in [-0.1, -0.05) is 18.2 Å². The number of nitrogens with zero attached hydrogens (tertiary/aromatic N) is 2. The number of ether oxygens (including phenoxy) is 2. The molecule has 1 aliphatic heterocycles. The normalized spacial score (nSPS) is 14.1. The minimum atomic E-state index is -0.118. The van der Waals surface area contributed by atoms with Crippen LogP contribution in [0.25, 0.3) is 6.08 Å². The van der Waals surface area contributed by atoms with Crippen LogP contribution in [0.5, 0.6) is 5.75 Å². The molecule has 0 radical (unpaired) electrons. The van der Waals surface area contributed by atoms with Gasteiger partial charge in [-0.15, -0.1) is 0 Å². The summed E-state index contributed by atoms with van der Waals surface area (Å²) in [5.41, 5.74) is 2.70. The van der Waals surface area contributed by atoms with Crippen LogP contribution in [0.15, 0.2) is 54.6 Å². The van der Waals surface area contributed by atoms with Crippen molar-refractivity contribution in [3.8, 4) is 5.75 Å². The zero-order chi connectivity index (χ0) is 20.6. The second-order valence-electron chi connectivity index (χ2n) is 6.99. The van der Waals surface area contributed by atoms with Gasteiger partial charge in [0, 0.05) is 38.4 Å².